The minimum absolute atomic E-state index is 0.107. The maximum Gasteiger partial charge on any atom is 0.271 e. The standard InChI is InChI=1S/C16H19N3O5S2/c1-4-6-13-14(5-2)25-16(17-13)18-15(20)10-7-11(19(21)22)9-12(8-10)26(3,23)24/h7-9H,4-6H2,1-3H3,(H,17,18,20). The summed E-state index contributed by atoms with van der Waals surface area (Å²) in [6, 6.07) is 3.11. The van der Waals surface area contributed by atoms with Crippen LogP contribution in [0.15, 0.2) is 23.1 Å². The number of hydrogen-bond donors (Lipinski definition) is 1. The van der Waals surface area contributed by atoms with Crippen LogP contribution in [0.25, 0.3) is 0 Å². The summed E-state index contributed by atoms with van der Waals surface area (Å²) in [5.41, 5.74) is 0.356. The van der Waals surface area contributed by atoms with E-state index in [0.717, 1.165) is 54.3 Å². The second-order valence-electron chi connectivity index (χ2n) is 5.69. The van der Waals surface area contributed by atoms with E-state index in [1.165, 1.54) is 11.3 Å². The Bertz CT molecular complexity index is 951. The number of anilines is 1. The lowest BCUT2D eigenvalue weighted by Gasteiger charge is -2.05. The van der Waals surface area contributed by atoms with Crippen molar-refractivity contribution in [3.63, 3.8) is 0 Å². The molecule has 1 amide bonds. The van der Waals surface area contributed by atoms with Gasteiger partial charge in [-0.15, -0.1) is 11.3 Å². The lowest BCUT2D eigenvalue weighted by molar-refractivity contribution is -0.385. The highest BCUT2D eigenvalue weighted by atomic mass is 32.2. The Labute approximate surface area is 155 Å². The van der Waals surface area contributed by atoms with Crippen LogP contribution in [0.4, 0.5) is 10.8 Å². The summed E-state index contributed by atoms with van der Waals surface area (Å²) in [6.45, 7) is 4.03. The van der Waals surface area contributed by atoms with E-state index in [2.05, 4.69) is 10.3 Å². The molecule has 2 aromatic rings. The van der Waals surface area contributed by atoms with E-state index < -0.39 is 26.4 Å². The van der Waals surface area contributed by atoms with Crippen molar-refractivity contribution in [3.8, 4) is 0 Å². The monoisotopic (exact) mass is 397 g/mol. The molecule has 1 aromatic carbocycles. The Kier molecular flexibility index (Phi) is 6.09. The molecule has 0 aliphatic rings. The van der Waals surface area contributed by atoms with Crippen LogP contribution >= 0.6 is 11.3 Å². The number of nitro groups is 1. The van der Waals surface area contributed by atoms with E-state index in [0.29, 0.717) is 5.13 Å². The molecule has 2 rings (SSSR count). The fraction of sp³-hybridized carbons (Fsp3) is 0.375. The molecule has 0 unspecified atom stereocenters. The van der Waals surface area contributed by atoms with E-state index in [1.807, 2.05) is 13.8 Å². The number of nitro benzene ring substituents is 1. The van der Waals surface area contributed by atoms with Crippen LogP contribution in [0.2, 0.25) is 0 Å². The van der Waals surface area contributed by atoms with E-state index in [1.54, 1.807) is 0 Å². The van der Waals surface area contributed by atoms with Crippen molar-refractivity contribution in [2.45, 2.75) is 38.0 Å². The Balaban J connectivity index is 2.37. The summed E-state index contributed by atoms with van der Waals surface area (Å²) in [6.07, 6.45) is 3.44. The molecule has 140 valence electrons. The van der Waals surface area contributed by atoms with E-state index in [-0.39, 0.29) is 10.5 Å². The highest BCUT2D eigenvalue weighted by Gasteiger charge is 2.20. The number of aryl methyl sites for hydroxylation is 2. The van der Waals surface area contributed by atoms with Gasteiger partial charge in [-0.05, 0) is 18.9 Å². The third-order valence-corrected chi connectivity index (χ3v) is 5.85. The van der Waals surface area contributed by atoms with Crippen molar-refractivity contribution in [1.82, 2.24) is 4.98 Å². The zero-order valence-corrected chi connectivity index (χ0v) is 16.2. The zero-order valence-electron chi connectivity index (χ0n) is 14.6. The highest BCUT2D eigenvalue weighted by molar-refractivity contribution is 7.90. The molecule has 1 heterocycles. The van der Waals surface area contributed by atoms with Gasteiger partial charge < -0.3 is 0 Å². The van der Waals surface area contributed by atoms with Gasteiger partial charge in [0, 0.05) is 28.8 Å². The molecule has 0 saturated carbocycles. The number of hydrogen-bond acceptors (Lipinski definition) is 7. The summed E-state index contributed by atoms with van der Waals surface area (Å²) >= 11 is 1.35. The molecule has 0 bridgehead atoms. The maximum atomic E-state index is 12.5. The van der Waals surface area contributed by atoms with E-state index in [4.69, 9.17) is 0 Å². The van der Waals surface area contributed by atoms with Crippen LogP contribution < -0.4 is 5.32 Å². The third kappa shape index (κ3) is 4.64. The van der Waals surface area contributed by atoms with Gasteiger partial charge in [-0.1, -0.05) is 20.3 Å². The van der Waals surface area contributed by atoms with Gasteiger partial charge in [0.25, 0.3) is 11.6 Å². The molecule has 1 aromatic heterocycles. The Morgan fingerprint density at radius 3 is 2.54 bits per heavy atom. The molecule has 0 fully saturated rings. The molecule has 0 saturated heterocycles. The second-order valence-corrected chi connectivity index (χ2v) is 8.79. The minimum atomic E-state index is -3.70. The number of aromatic nitrogens is 1. The third-order valence-electron chi connectivity index (χ3n) is 3.60. The molecular formula is C16H19N3O5S2. The second kappa shape index (κ2) is 7.92. The maximum absolute atomic E-state index is 12.5. The number of nitrogens with one attached hydrogen (secondary N) is 1. The zero-order chi connectivity index (χ0) is 19.5. The van der Waals surface area contributed by atoms with E-state index in [9.17, 15) is 23.3 Å². The number of amides is 1. The first-order chi connectivity index (χ1) is 12.2. The van der Waals surface area contributed by atoms with Gasteiger partial charge in [0.2, 0.25) is 0 Å². The first kappa shape index (κ1) is 20.0. The average molecular weight is 397 g/mol. The summed E-state index contributed by atoms with van der Waals surface area (Å²) < 4.78 is 23.5. The molecule has 0 aliphatic carbocycles. The molecular weight excluding hydrogens is 378 g/mol. The van der Waals surface area contributed by atoms with Crippen LogP contribution in [0.1, 0.15) is 41.2 Å². The number of rotatable bonds is 7. The van der Waals surface area contributed by atoms with Crippen molar-refractivity contribution in [3.05, 3.63) is 44.4 Å². The number of benzene rings is 1. The highest BCUT2D eigenvalue weighted by Crippen LogP contribution is 2.26. The van der Waals surface area contributed by atoms with Crippen LogP contribution in [-0.2, 0) is 22.7 Å². The molecule has 10 heteroatoms. The predicted octanol–water partition coefficient (Wildman–Crippen LogP) is 3.22. The lowest BCUT2D eigenvalue weighted by Crippen LogP contribution is -2.13. The molecule has 0 aliphatic heterocycles. The predicted molar refractivity (Wildman–Crippen MR) is 99.6 cm³/mol. The van der Waals surface area contributed by atoms with Crippen molar-refractivity contribution in [2.24, 2.45) is 0 Å². The fourth-order valence-corrected chi connectivity index (χ4v) is 3.97. The Morgan fingerprint density at radius 1 is 1.31 bits per heavy atom. The summed E-state index contributed by atoms with van der Waals surface area (Å²) in [7, 11) is -3.70. The van der Waals surface area contributed by atoms with Gasteiger partial charge in [-0.3, -0.25) is 20.2 Å². The first-order valence-electron chi connectivity index (χ1n) is 7.95. The van der Waals surface area contributed by atoms with Crippen molar-refractivity contribution < 1.29 is 18.1 Å². The number of carbonyl (C=O) groups is 1. The Morgan fingerprint density at radius 2 is 2.00 bits per heavy atom. The van der Waals surface area contributed by atoms with Crippen LogP contribution in [0.5, 0.6) is 0 Å². The topological polar surface area (TPSA) is 119 Å². The molecule has 1 N–H and O–H groups in total. The minimum Gasteiger partial charge on any atom is -0.298 e. The lowest BCUT2D eigenvalue weighted by atomic mass is 10.2. The smallest absolute Gasteiger partial charge is 0.271 e. The van der Waals surface area contributed by atoms with Crippen LogP contribution in [0.3, 0.4) is 0 Å². The van der Waals surface area contributed by atoms with Crippen LogP contribution in [0, 0.1) is 10.1 Å². The fourth-order valence-electron chi connectivity index (χ4n) is 2.35. The van der Waals surface area contributed by atoms with Crippen molar-refractivity contribution >= 4 is 37.9 Å². The average Bonchev–Trinajstić information content (AvgIpc) is 2.95. The van der Waals surface area contributed by atoms with Crippen LogP contribution in [-0.4, -0.2) is 30.5 Å². The summed E-state index contributed by atoms with van der Waals surface area (Å²) in [5, 5.41) is 14.0. The number of thiazole rings is 1. The number of non-ortho nitro benzene ring substituents is 1. The van der Waals surface area contributed by atoms with Gasteiger partial charge in [0.1, 0.15) is 0 Å². The first-order valence-corrected chi connectivity index (χ1v) is 10.7. The number of carbonyl (C=O) groups excluding carboxylic acids is 1. The molecule has 0 radical (unpaired) electrons. The van der Waals surface area contributed by atoms with Crippen molar-refractivity contribution in [1.29, 1.82) is 0 Å². The van der Waals surface area contributed by atoms with E-state index >= 15 is 0 Å². The van der Waals surface area contributed by atoms with Gasteiger partial charge in [-0.2, -0.15) is 0 Å². The molecule has 26 heavy (non-hydrogen) atoms. The van der Waals surface area contributed by atoms with Crippen molar-refractivity contribution in [2.75, 3.05) is 11.6 Å². The normalized spacial score (nSPS) is 11.3. The summed E-state index contributed by atoms with van der Waals surface area (Å²) in [4.78, 5) is 28.0. The molecule has 0 atom stereocenters. The SMILES string of the molecule is CCCc1nc(NC(=O)c2cc([N+](=O)[O-])cc(S(C)(=O)=O)c2)sc1CC. The molecule has 8 nitrogen and oxygen atoms in total. The molecule has 0 spiro atoms. The number of nitrogens with zero attached hydrogens (tertiary/aromatic N) is 2. The quantitative estimate of drug-likeness (QED) is 0.566. The van der Waals surface area contributed by atoms with Gasteiger partial charge in [0.05, 0.1) is 15.5 Å². The van der Waals surface area contributed by atoms with Gasteiger partial charge >= 0.3 is 0 Å². The van der Waals surface area contributed by atoms with Gasteiger partial charge in [-0.25, -0.2) is 13.4 Å². The largest absolute Gasteiger partial charge is 0.298 e. The van der Waals surface area contributed by atoms with Gasteiger partial charge in [0.15, 0.2) is 15.0 Å². The summed E-state index contributed by atoms with van der Waals surface area (Å²) in [5.74, 6) is -0.641. The Hall–Kier alpha value is -2.33. The number of sulfone groups is 1.